The van der Waals surface area contributed by atoms with Gasteiger partial charge in [0.05, 0.1) is 12.7 Å². The van der Waals surface area contributed by atoms with Crippen LogP contribution in [0.4, 0.5) is 5.69 Å². The monoisotopic (exact) mass is 277 g/mol. The Morgan fingerprint density at radius 3 is 2.85 bits per heavy atom. The molecule has 0 radical (unpaired) electrons. The Hall–Kier alpha value is -1.75. The zero-order valence-corrected chi connectivity index (χ0v) is 12.4. The second-order valence-corrected chi connectivity index (χ2v) is 5.56. The summed E-state index contributed by atoms with van der Waals surface area (Å²) in [7, 11) is 5.53. The number of methoxy groups -OCH3 is 1. The molecule has 110 valence electrons. The summed E-state index contributed by atoms with van der Waals surface area (Å²) in [6.07, 6.45) is 1.15. The molecule has 1 heterocycles. The largest absolute Gasteiger partial charge is 0.497 e. The molecule has 1 amide bonds. The molecule has 5 heteroatoms. The Kier molecular flexibility index (Phi) is 4.49. The maximum absolute atomic E-state index is 12.4. The molecule has 1 atom stereocenters. The van der Waals surface area contributed by atoms with Crippen LogP contribution in [0.3, 0.4) is 0 Å². The number of carbonyl (C=O) groups excluding carboxylic acids is 1. The lowest BCUT2D eigenvalue weighted by molar-refractivity contribution is 0.0775. The molecule has 1 fully saturated rings. The Labute approximate surface area is 120 Å². The molecule has 0 aromatic heterocycles. The van der Waals surface area contributed by atoms with Crippen molar-refractivity contribution in [3.05, 3.63) is 23.8 Å². The van der Waals surface area contributed by atoms with E-state index in [1.165, 1.54) is 0 Å². The Morgan fingerprint density at radius 1 is 1.55 bits per heavy atom. The lowest BCUT2D eigenvalue weighted by Gasteiger charge is -2.22. The summed E-state index contributed by atoms with van der Waals surface area (Å²) in [5, 5.41) is 0. The number of carbonyl (C=O) groups is 1. The molecule has 0 bridgehead atoms. The summed E-state index contributed by atoms with van der Waals surface area (Å²) in [6.45, 7) is 2.93. The van der Waals surface area contributed by atoms with Gasteiger partial charge in [-0.15, -0.1) is 0 Å². The molecular weight excluding hydrogens is 254 g/mol. The zero-order valence-electron chi connectivity index (χ0n) is 12.4. The molecule has 1 aromatic carbocycles. The molecule has 0 spiro atoms. The van der Waals surface area contributed by atoms with Crippen molar-refractivity contribution in [1.82, 2.24) is 9.80 Å². The van der Waals surface area contributed by atoms with Crippen LogP contribution < -0.4 is 10.5 Å². The van der Waals surface area contributed by atoms with E-state index in [0.717, 1.165) is 26.1 Å². The minimum absolute atomic E-state index is 0.0280. The summed E-state index contributed by atoms with van der Waals surface area (Å²) >= 11 is 0. The average Bonchev–Trinajstić information content (AvgIpc) is 2.83. The van der Waals surface area contributed by atoms with E-state index in [4.69, 9.17) is 10.5 Å². The number of hydrogen-bond donors (Lipinski definition) is 1. The lowest BCUT2D eigenvalue weighted by Crippen LogP contribution is -2.33. The van der Waals surface area contributed by atoms with Gasteiger partial charge < -0.3 is 20.3 Å². The molecular formula is C15H23N3O2. The second kappa shape index (κ2) is 6.13. The van der Waals surface area contributed by atoms with Crippen LogP contribution in [0.1, 0.15) is 16.8 Å². The van der Waals surface area contributed by atoms with Crippen LogP contribution in [0.2, 0.25) is 0 Å². The van der Waals surface area contributed by atoms with Crippen molar-refractivity contribution in [1.29, 1.82) is 0 Å². The Morgan fingerprint density at radius 2 is 2.30 bits per heavy atom. The Balaban J connectivity index is 2.03. The third-order valence-corrected chi connectivity index (χ3v) is 3.86. The molecule has 20 heavy (non-hydrogen) atoms. The summed E-state index contributed by atoms with van der Waals surface area (Å²) in [5.41, 5.74) is 6.93. The summed E-state index contributed by atoms with van der Waals surface area (Å²) < 4.78 is 5.10. The van der Waals surface area contributed by atoms with Crippen LogP contribution in [-0.2, 0) is 0 Å². The van der Waals surface area contributed by atoms with E-state index >= 15 is 0 Å². The highest BCUT2D eigenvalue weighted by molar-refractivity contribution is 5.99. The second-order valence-electron chi connectivity index (χ2n) is 5.56. The van der Waals surface area contributed by atoms with E-state index in [2.05, 4.69) is 11.9 Å². The molecule has 1 aliphatic rings. The number of hydrogen-bond acceptors (Lipinski definition) is 4. The predicted octanol–water partition coefficient (Wildman–Crippen LogP) is 1.30. The number of amides is 1. The van der Waals surface area contributed by atoms with Gasteiger partial charge in [-0.2, -0.15) is 0 Å². The van der Waals surface area contributed by atoms with E-state index in [1.54, 1.807) is 30.2 Å². The highest BCUT2D eigenvalue weighted by Gasteiger charge is 2.23. The lowest BCUT2D eigenvalue weighted by atomic mass is 10.1. The van der Waals surface area contributed by atoms with E-state index in [1.807, 2.05) is 7.05 Å². The van der Waals surface area contributed by atoms with Crippen LogP contribution in [-0.4, -0.2) is 56.5 Å². The highest BCUT2D eigenvalue weighted by Crippen LogP contribution is 2.22. The molecule has 0 aliphatic carbocycles. The third kappa shape index (κ3) is 3.22. The van der Waals surface area contributed by atoms with E-state index in [-0.39, 0.29) is 5.91 Å². The van der Waals surface area contributed by atoms with Gasteiger partial charge in [0.25, 0.3) is 5.91 Å². The number of nitrogens with two attached hydrogens (primary N) is 1. The van der Waals surface area contributed by atoms with E-state index in [0.29, 0.717) is 22.9 Å². The molecule has 0 saturated carbocycles. The van der Waals surface area contributed by atoms with Gasteiger partial charge in [-0.25, -0.2) is 0 Å². The van der Waals surface area contributed by atoms with Crippen LogP contribution in [0.15, 0.2) is 18.2 Å². The smallest absolute Gasteiger partial charge is 0.255 e. The number of likely N-dealkylation sites (tertiary alicyclic amines) is 1. The van der Waals surface area contributed by atoms with Gasteiger partial charge in [-0.1, -0.05) is 0 Å². The minimum atomic E-state index is -0.0280. The zero-order chi connectivity index (χ0) is 14.7. The predicted molar refractivity (Wildman–Crippen MR) is 80.0 cm³/mol. The van der Waals surface area contributed by atoms with Gasteiger partial charge in [0.2, 0.25) is 0 Å². The number of rotatable bonds is 4. The maximum atomic E-state index is 12.4. The number of benzene rings is 1. The van der Waals surface area contributed by atoms with Crippen LogP contribution in [0.5, 0.6) is 5.75 Å². The Bertz CT molecular complexity index is 490. The van der Waals surface area contributed by atoms with Gasteiger partial charge in [0.15, 0.2) is 0 Å². The first-order chi connectivity index (χ1) is 9.51. The molecule has 2 N–H and O–H groups in total. The average molecular weight is 277 g/mol. The molecule has 1 aliphatic heterocycles. The fraction of sp³-hybridized carbons (Fsp3) is 0.533. The maximum Gasteiger partial charge on any atom is 0.255 e. The van der Waals surface area contributed by atoms with Crippen molar-refractivity contribution in [2.24, 2.45) is 5.92 Å². The molecule has 1 aromatic rings. The molecule has 5 nitrogen and oxygen atoms in total. The summed E-state index contributed by atoms with van der Waals surface area (Å²) in [5.74, 6) is 1.19. The van der Waals surface area contributed by atoms with E-state index in [9.17, 15) is 4.79 Å². The molecule has 1 saturated heterocycles. The first-order valence-corrected chi connectivity index (χ1v) is 6.88. The summed E-state index contributed by atoms with van der Waals surface area (Å²) in [4.78, 5) is 16.5. The fourth-order valence-electron chi connectivity index (χ4n) is 2.71. The van der Waals surface area contributed by atoms with Gasteiger partial charge in [0, 0.05) is 31.9 Å². The standard InChI is InChI=1S/C15H23N3O2/c1-17-7-6-11(9-17)10-18(2)15(19)13-5-4-12(20-3)8-14(13)16/h4-5,8,11H,6-7,9-10,16H2,1-3H3. The minimum Gasteiger partial charge on any atom is -0.497 e. The van der Waals surface area contributed by atoms with Crippen molar-refractivity contribution >= 4 is 11.6 Å². The number of nitrogen functional groups attached to an aromatic ring is 1. The SMILES string of the molecule is COc1ccc(C(=O)N(C)CC2CCN(C)C2)c(N)c1. The number of anilines is 1. The van der Waals surface area contributed by atoms with Gasteiger partial charge in [0.1, 0.15) is 5.75 Å². The number of nitrogens with zero attached hydrogens (tertiary/aromatic N) is 2. The first kappa shape index (κ1) is 14.7. The normalized spacial score (nSPS) is 19.1. The summed E-state index contributed by atoms with van der Waals surface area (Å²) in [6, 6.07) is 5.18. The van der Waals surface area contributed by atoms with Crippen molar-refractivity contribution in [2.45, 2.75) is 6.42 Å². The fourth-order valence-corrected chi connectivity index (χ4v) is 2.71. The van der Waals surface area contributed by atoms with Crippen LogP contribution in [0.25, 0.3) is 0 Å². The first-order valence-electron chi connectivity index (χ1n) is 6.88. The molecule has 2 rings (SSSR count). The van der Waals surface area contributed by atoms with Crippen molar-refractivity contribution in [3.8, 4) is 5.75 Å². The van der Waals surface area contributed by atoms with Crippen molar-refractivity contribution in [2.75, 3.05) is 46.6 Å². The quantitative estimate of drug-likeness (QED) is 0.843. The van der Waals surface area contributed by atoms with Crippen LogP contribution in [0, 0.1) is 5.92 Å². The van der Waals surface area contributed by atoms with Gasteiger partial charge >= 0.3 is 0 Å². The topological polar surface area (TPSA) is 58.8 Å². The van der Waals surface area contributed by atoms with Crippen LogP contribution >= 0.6 is 0 Å². The highest BCUT2D eigenvalue weighted by atomic mass is 16.5. The molecule has 1 unspecified atom stereocenters. The van der Waals surface area contributed by atoms with Crippen molar-refractivity contribution in [3.63, 3.8) is 0 Å². The van der Waals surface area contributed by atoms with Crippen molar-refractivity contribution < 1.29 is 9.53 Å². The number of ether oxygens (including phenoxy) is 1. The third-order valence-electron chi connectivity index (χ3n) is 3.86. The van der Waals surface area contributed by atoms with Gasteiger partial charge in [-0.3, -0.25) is 4.79 Å². The van der Waals surface area contributed by atoms with Gasteiger partial charge in [-0.05, 0) is 38.1 Å². The van der Waals surface area contributed by atoms with E-state index < -0.39 is 0 Å².